The minimum absolute atomic E-state index is 0.0702. The first-order valence-electron chi connectivity index (χ1n) is 8.45. The number of thiazole rings is 1. The van der Waals surface area contributed by atoms with Gasteiger partial charge in [0.05, 0.1) is 23.5 Å². The second-order valence-corrected chi connectivity index (χ2v) is 10.4. The smallest absolute Gasteiger partial charge is 0.233 e. The van der Waals surface area contributed by atoms with Gasteiger partial charge in [-0.2, -0.15) is 0 Å². The second kappa shape index (κ2) is 8.59. The van der Waals surface area contributed by atoms with Crippen LogP contribution in [0, 0.1) is 0 Å². The first-order valence-corrected chi connectivity index (χ1v) is 12.1. The van der Waals surface area contributed by atoms with Crippen molar-refractivity contribution in [1.29, 1.82) is 0 Å². The van der Waals surface area contributed by atoms with Crippen LogP contribution in [0.25, 0.3) is 10.2 Å². The first kappa shape index (κ1) is 20.8. The molecule has 28 heavy (non-hydrogen) atoms. The Hall–Kier alpha value is -1.97. The Morgan fingerprint density at radius 2 is 1.96 bits per heavy atom. The Morgan fingerprint density at radius 1 is 1.25 bits per heavy atom. The fourth-order valence-corrected chi connectivity index (χ4v) is 4.95. The van der Waals surface area contributed by atoms with Gasteiger partial charge in [0.25, 0.3) is 0 Å². The number of carbonyl (C=O) groups is 1. The largest absolute Gasteiger partial charge is 0.494 e. The summed E-state index contributed by atoms with van der Waals surface area (Å²) in [6, 6.07) is 12.8. The molecule has 1 unspecified atom stereocenters. The molecule has 0 radical (unpaired) electrons. The summed E-state index contributed by atoms with van der Waals surface area (Å²) in [5.41, 5.74) is 1.42. The van der Waals surface area contributed by atoms with Crippen molar-refractivity contribution < 1.29 is 17.9 Å². The monoisotopic (exact) mass is 482 g/mol. The highest BCUT2D eigenvalue weighted by molar-refractivity contribution is 9.10. The highest BCUT2D eigenvalue weighted by Crippen LogP contribution is 2.38. The average molecular weight is 483 g/mol. The van der Waals surface area contributed by atoms with Crippen molar-refractivity contribution in [3.8, 4) is 5.75 Å². The number of nitrogens with one attached hydrogen (secondary N) is 1. The van der Waals surface area contributed by atoms with Crippen molar-refractivity contribution in [3.63, 3.8) is 0 Å². The Bertz CT molecular complexity index is 1100. The number of carbonyl (C=O) groups excluding carboxylic acids is 1. The molecule has 1 aromatic heterocycles. The molecular formula is C19H19BrN2O4S2. The zero-order valence-electron chi connectivity index (χ0n) is 15.3. The predicted octanol–water partition coefficient (Wildman–Crippen LogP) is 4.22. The molecule has 2 aromatic carbocycles. The molecule has 1 atom stereocenters. The van der Waals surface area contributed by atoms with E-state index >= 15 is 0 Å². The number of hydrogen-bond donors (Lipinski definition) is 1. The van der Waals surface area contributed by atoms with E-state index in [2.05, 4.69) is 26.2 Å². The van der Waals surface area contributed by atoms with E-state index in [4.69, 9.17) is 4.74 Å². The Kier molecular flexibility index (Phi) is 6.36. The summed E-state index contributed by atoms with van der Waals surface area (Å²) >= 11 is 4.82. The van der Waals surface area contributed by atoms with Crippen LogP contribution in [0.15, 0.2) is 46.9 Å². The number of ether oxygens (including phenoxy) is 1. The number of fused-ring (bicyclic) bond motifs is 1. The van der Waals surface area contributed by atoms with Gasteiger partial charge in [0.2, 0.25) is 5.91 Å². The summed E-state index contributed by atoms with van der Waals surface area (Å²) in [5.74, 6) is -0.331. The molecule has 148 valence electrons. The maximum Gasteiger partial charge on any atom is 0.233 e. The molecule has 0 spiro atoms. The van der Waals surface area contributed by atoms with E-state index in [9.17, 15) is 13.2 Å². The molecule has 3 aromatic rings. The van der Waals surface area contributed by atoms with Crippen molar-refractivity contribution in [3.05, 3.63) is 52.5 Å². The van der Waals surface area contributed by atoms with E-state index in [1.165, 1.54) is 17.6 Å². The van der Waals surface area contributed by atoms with Crippen LogP contribution in [0.5, 0.6) is 5.75 Å². The zero-order chi connectivity index (χ0) is 20.3. The summed E-state index contributed by atoms with van der Waals surface area (Å²) in [6.45, 7) is 0. The van der Waals surface area contributed by atoms with Gasteiger partial charge in [-0.15, -0.1) is 0 Å². The van der Waals surface area contributed by atoms with E-state index in [0.717, 1.165) is 14.7 Å². The maximum absolute atomic E-state index is 13.0. The first-order chi connectivity index (χ1) is 13.3. The van der Waals surface area contributed by atoms with Crippen molar-refractivity contribution in [1.82, 2.24) is 4.98 Å². The lowest BCUT2D eigenvalue weighted by atomic mass is 9.96. The molecule has 3 rings (SSSR count). The number of anilines is 1. The van der Waals surface area contributed by atoms with Crippen LogP contribution in [0.2, 0.25) is 0 Å². The molecule has 0 fully saturated rings. The minimum Gasteiger partial charge on any atom is -0.494 e. The lowest BCUT2D eigenvalue weighted by Gasteiger charge is -2.16. The molecule has 0 bridgehead atoms. The lowest BCUT2D eigenvalue weighted by Crippen LogP contribution is -2.23. The van der Waals surface area contributed by atoms with Crippen molar-refractivity contribution in [2.75, 3.05) is 24.4 Å². The van der Waals surface area contributed by atoms with E-state index in [0.29, 0.717) is 16.4 Å². The molecule has 0 aliphatic rings. The summed E-state index contributed by atoms with van der Waals surface area (Å²) in [7, 11) is -1.62. The fraction of sp³-hybridized carbons (Fsp3) is 0.263. The third kappa shape index (κ3) is 4.89. The van der Waals surface area contributed by atoms with E-state index < -0.39 is 15.8 Å². The van der Waals surface area contributed by atoms with Gasteiger partial charge in [-0.3, -0.25) is 4.79 Å². The Balaban J connectivity index is 1.89. The number of amides is 1. The van der Waals surface area contributed by atoms with Crippen LogP contribution in [0.3, 0.4) is 0 Å². The van der Waals surface area contributed by atoms with Gasteiger partial charge in [0.15, 0.2) is 5.13 Å². The molecular weight excluding hydrogens is 464 g/mol. The molecule has 1 N–H and O–H groups in total. The van der Waals surface area contributed by atoms with Crippen LogP contribution in [-0.4, -0.2) is 38.4 Å². The van der Waals surface area contributed by atoms with Crippen LogP contribution < -0.4 is 10.1 Å². The molecule has 1 heterocycles. The lowest BCUT2D eigenvalue weighted by molar-refractivity contribution is -0.117. The predicted molar refractivity (Wildman–Crippen MR) is 116 cm³/mol. The van der Waals surface area contributed by atoms with E-state index in [1.807, 2.05) is 36.4 Å². The second-order valence-electron chi connectivity index (χ2n) is 6.32. The van der Waals surface area contributed by atoms with Gasteiger partial charge in [-0.1, -0.05) is 41.7 Å². The van der Waals surface area contributed by atoms with E-state index in [1.54, 1.807) is 13.2 Å². The Labute approximate surface area is 176 Å². The van der Waals surface area contributed by atoms with Crippen LogP contribution in [0.4, 0.5) is 5.13 Å². The summed E-state index contributed by atoms with van der Waals surface area (Å²) in [6.07, 6.45) is 1.37. The number of methoxy groups -OCH3 is 1. The van der Waals surface area contributed by atoms with Gasteiger partial charge < -0.3 is 10.1 Å². The normalized spacial score (nSPS) is 12.7. The fourth-order valence-electron chi connectivity index (χ4n) is 2.83. The Morgan fingerprint density at radius 3 is 2.61 bits per heavy atom. The van der Waals surface area contributed by atoms with E-state index in [-0.39, 0.29) is 18.1 Å². The number of sulfone groups is 1. The molecule has 9 heteroatoms. The van der Waals surface area contributed by atoms with Crippen LogP contribution in [-0.2, 0) is 14.6 Å². The number of benzene rings is 2. The van der Waals surface area contributed by atoms with Gasteiger partial charge in [0.1, 0.15) is 21.1 Å². The number of nitrogens with zero attached hydrogens (tertiary/aromatic N) is 1. The SMILES string of the molecule is COc1ccc(Br)c2sc(NC(=O)C(CCS(C)(=O)=O)c3ccccc3)nc12. The van der Waals surface area contributed by atoms with Gasteiger partial charge in [-0.05, 0) is 40.0 Å². The zero-order valence-corrected chi connectivity index (χ0v) is 18.5. The summed E-state index contributed by atoms with van der Waals surface area (Å²) in [5, 5.41) is 3.28. The number of hydrogen-bond acceptors (Lipinski definition) is 6. The number of rotatable bonds is 7. The topological polar surface area (TPSA) is 85.4 Å². The minimum atomic E-state index is -3.18. The van der Waals surface area contributed by atoms with Crippen LogP contribution in [0.1, 0.15) is 17.9 Å². The third-order valence-corrected chi connectivity index (χ3v) is 7.11. The maximum atomic E-state index is 13.0. The quantitative estimate of drug-likeness (QED) is 0.544. The molecule has 0 aliphatic heterocycles. The van der Waals surface area contributed by atoms with Gasteiger partial charge in [0, 0.05) is 10.7 Å². The van der Waals surface area contributed by atoms with Crippen LogP contribution >= 0.6 is 27.3 Å². The molecule has 0 aliphatic carbocycles. The molecule has 0 saturated heterocycles. The average Bonchev–Trinajstić information content (AvgIpc) is 3.07. The molecule has 0 saturated carbocycles. The van der Waals surface area contributed by atoms with Crippen molar-refractivity contribution in [2.24, 2.45) is 0 Å². The van der Waals surface area contributed by atoms with Crippen molar-refractivity contribution in [2.45, 2.75) is 12.3 Å². The van der Waals surface area contributed by atoms with Gasteiger partial charge in [-0.25, -0.2) is 13.4 Å². The molecule has 1 amide bonds. The number of halogens is 1. The van der Waals surface area contributed by atoms with Crippen molar-refractivity contribution >= 4 is 58.4 Å². The molecule has 6 nitrogen and oxygen atoms in total. The highest BCUT2D eigenvalue weighted by atomic mass is 79.9. The number of aromatic nitrogens is 1. The summed E-state index contributed by atoms with van der Waals surface area (Å²) < 4.78 is 30.3. The van der Waals surface area contributed by atoms with Gasteiger partial charge >= 0.3 is 0 Å². The highest BCUT2D eigenvalue weighted by Gasteiger charge is 2.24. The standard InChI is InChI=1S/C19H19BrN2O4S2/c1-26-15-9-8-14(20)17-16(15)21-19(27-17)22-18(23)13(10-11-28(2,24)25)12-6-4-3-5-7-12/h3-9,13H,10-11H2,1-2H3,(H,21,22,23). The summed E-state index contributed by atoms with van der Waals surface area (Å²) in [4.78, 5) is 17.4. The third-order valence-electron chi connectivity index (χ3n) is 4.20.